The number of nitrogens with one attached hydrogen (secondary N) is 1. The fourth-order valence-corrected chi connectivity index (χ4v) is 2.72. The number of halogens is 1. The van der Waals surface area contributed by atoms with Crippen LogP contribution in [0.1, 0.15) is 11.1 Å². The number of furan rings is 1. The molecule has 0 aliphatic heterocycles. The van der Waals surface area contributed by atoms with Gasteiger partial charge in [0.05, 0.1) is 12.7 Å². The van der Waals surface area contributed by atoms with Gasteiger partial charge in [-0.05, 0) is 11.6 Å². The van der Waals surface area contributed by atoms with Gasteiger partial charge in [-0.15, -0.1) is 0 Å². The van der Waals surface area contributed by atoms with E-state index in [9.17, 15) is 9.18 Å². The van der Waals surface area contributed by atoms with E-state index in [0.717, 1.165) is 5.56 Å². The molecule has 0 saturated carbocycles. The molecule has 3 aromatic rings. The first kappa shape index (κ1) is 18.1. The van der Waals surface area contributed by atoms with Gasteiger partial charge in [0, 0.05) is 17.4 Å². The van der Waals surface area contributed by atoms with Crippen LogP contribution in [0.5, 0.6) is 0 Å². The summed E-state index contributed by atoms with van der Waals surface area (Å²) in [6.07, 6.45) is 0.532. The second-order valence-corrected chi connectivity index (χ2v) is 5.76. The second-order valence-electron chi connectivity index (χ2n) is 5.76. The SMILES string of the molecule is O=C(Cc1ccccc1)N[C@@H](Cc1coc2c(F)cccc12)OB(O)O. The van der Waals surface area contributed by atoms with Crippen LogP contribution in [0.4, 0.5) is 4.39 Å². The van der Waals surface area contributed by atoms with E-state index in [2.05, 4.69) is 5.32 Å². The highest BCUT2D eigenvalue weighted by molar-refractivity contribution is 6.32. The van der Waals surface area contributed by atoms with Gasteiger partial charge in [-0.3, -0.25) is 4.79 Å². The van der Waals surface area contributed by atoms with Gasteiger partial charge in [0.2, 0.25) is 5.91 Å². The molecule has 6 nitrogen and oxygen atoms in total. The lowest BCUT2D eigenvalue weighted by Gasteiger charge is -2.19. The fourth-order valence-electron chi connectivity index (χ4n) is 2.72. The van der Waals surface area contributed by atoms with Crippen molar-refractivity contribution < 1.29 is 28.3 Å². The quantitative estimate of drug-likeness (QED) is 0.443. The van der Waals surface area contributed by atoms with Gasteiger partial charge in [0.1, 0.15) is 6.23 Å². The van der Waals surface area contributed by atoms with E-state index in [1.807, 2.05) is 30.3 Å². The normalized spacial score (nSPS) is 12.1. The van der Waals surface area contributed by atoms with Gasteiger partial charge in [0.25, 0.3) is 0 Å². The number of amides is 1. The fraction of sp³-hybridized carbons (Fsp3) is 0.167. The van der Waals surface area contributed by atoms with Gasteiger partial charge in [-0.2, -0.15) is 0 Å². The Kier molecular flexibility index (Phi) is 5.67. The Labute approximate surface area is 149 Å². The van der Waals surface area contributed by atoms with Crippen molar-refractivity contribution in [2.75, 3.05) is 0 Å². The molecule has 8 heteroatoms. The van der Waals surface area contributed by atoms with Crippen LogP contribution < -0.4 is 5.32 Å². The van der Waals surface area contributed by atoms with Crippen molar-refractivity contribution in [1.29, 1.82) is 0 Å². The van der Waals surface area contributed by atoms with Crippen LogP contribution in [0.2, 0.25) is 0 Å². The monoisotopic (exact) mass is 357 g/mol. The van der Waals surface area contributed by atoms with Crippen molar-refractivity contribution in [3.8, 4) is 0 Å². The van der Waals surface area contributed by atoms with Crippen LogP contribution in [0.3, 0.4) is 0 Å². The minimum atomic E-state index is -2.06. The maximum atomic E-state index is 13.7. The first-order valence-corrected chi connectivity index (χ1v) is 8.02. The molecule has 0 aliphatic carbocycles. The largest absolute Gasteiger partial charge is 0.635 e. The van der Waals surface area contributed by atoms with Crippen LogP contribution >= 0.6 is 0 Å². The topological polar surface area (TPSA) is 91.9 Å². The Hall–Kier alpha value is -2.68. The van der Waals surface area contributed by atoms with Crippen molar-refractivity contribution in [3.05, 3.63) is 71.7 Å². The number of hydrogen-bond donors (Lipinski definition) is 3. The highest BCUT2D eigenvalue weighted by Crippen LogP contribution is 2.24. The molecule has 134 valence electrons. The predicted octanol–water partition coefficient (Wildman–Crippen LogP) is 1.79. The number of benzene rings is 2. The summed E-state index contributed by atoms with van der Waals surface area (Å²) in [4.78, 5) is 12.2. The summed E-state index contributed by atoms with van der Waals surface area (Å²) >= 11 is 0. The van der Waals surface area contributed by atoms with Gasteiger partial charge in [-0.25, -0.2) is 4.39 Å². The van der Waals surface area contributed by atoms with Gasteiger partial charge < -0.3 is 24.4 Å². The number of rotatable bonds is 7. The van der Waals surface area contributed by atoms with Crippen LogP contribution in [0, 0.1) is 5.82 Å². The molecule has 1 heterocycles. The van der Waals surface area contributed by atoms with Crippen LogP contribution in [-0.2, 0) is 22.3 Å². The molecule has 2 aromatic carbocycles. The van der Waals surface area contributed by atoms with Crippen LogP contribution in [-0.4, -0.2) is 29.5 Å². The van der Waals surface area contributed by atoms with Crippen molar-refractivity contribution in [2.24, 2.45) is 0 Å². The van der Waals surface area contributed by atoms with Crippen molar-refractivity contribution in [2.45, 2.75) is 19.1 Å². The number of hydrogen-bond acceptors (Lipinski definition) is 5. The summed E-state index contributed by atoms with van der Waals surface area (Å²) in [5.41, 5.74) is 1.48. The van der Waals surface area contributed by atoms with Gasteiger partial charge in [0.15, 0.2) is 11.4 Å². The minimum absolute atomic E-state index is 0.0780. The molecule has 1 amide bonds. The maximum absolute atomic E-state index is 13.7. The van der Waals surface area contributed by atoms with E-state index < -0.39 is 19.4 Å². The second kappa shape index (κ2) is 8.14. The molecule has 26 heavy (non-hydrogen) atoms. The lowest BCUT2D eigenvalue weighted by atomic mass is 10.1. The zero-order chi connectivity index (χ0) is 18.5. The van der Waals surface area contributed by atoms with E-state index in [0.29, 0.717) is 10.9 Å². The minimum Gasteiger partial charge on any atom is -0.461 e. The third kappa shape index (κ3) is 4.48. The summed E-state index contributed by atoms with van der Waals surface area (Å²) in [6, 6.07) is 13.6. The van der Waals surface area contributed by atoms with Gasteiger partial charge >= 0.3 is 7.32 Å². The molecular formula is C18H17BFNO5. The molecule has 3 rings (SSSR count). The Balaban J connectivity index is 1.73. The lowest BCUT2D eigenvalue weighted by Crippen LogP contribution is -2.43. The molecular weight excluding hydrogens is 340 g/mol. The summed E-state index contributed by atoms with van der Waals surface area (Å²) in [5.74, 6) is -0.845. The van der Waals surface area contributed by atoms with E-state index in [-0.39, 0.29) is 24.3 Å². The zero-order valence-corrected chi connectivity index (χ0v) is 13.8. The van der Waals surface area contributed by atoms with E-state index in [1.54, 1.807) is 12.1 Å². The molecule has 0 spiro atoms. The average Bonchev–Trinajstić information content (AvgIpc) is 2.99. The highest BCUT2D eigenvalue weighted by Gasteiger charge is 2.22. The number of carbonyl (C=O) groups excluding carboxylic acids is 1. The Morgan fingerprint density at radius 2 is 1.96 bits per heavy atom. The molecule has 0 bridgehead atoms. The Bertz CT molecular complexity index is 884. The molecule has 0 radical (unpaired) electrons. The van der Waals surface area contributed by atoms with E-state index in [1.165, 1.54) is 12.3 Å². The predicted molar refractivity (Wildman–Crippen MR) is 93.2 cm³/mol. The number of carbonyl (C=O) groups is 1. The maximum Gasteiger partial charge on any atom is 0.635 e. The molecule has 0 aliphatic rings. The average molecular weight is 357 g/mol. The summed E-state index contributed by atoms with van der Waals surface area (Å²) in [6.45, 7) is 0. The summed E-state index contributed by atoms with van der Waals surface area (Å²) in [5, 5.41) is 21.3. The van der Waals surface area contributed by atoms with Crippen LogP contribution in [0.25, 0.3) is 11.0 Å². The first-order valence-electron chi connectivity index (χ1n) is 8.02. The third-order valence-electron chi connectivity index (χ3n) is 3.85. The molecule has 1 aromatic heterocycles. The number of para-hydroxylation sites is 1. The molecule has 3 N–H and O–H groups in total. The standard InChI is InChI=1S/C18H17BFNO5/c20-15-8-4-7-14-13(11-25-18(14)15)10-17(26-19(23)24)21-16(22)9-12-5-2-1-3-6-12/h1-8,11,17,23-24H,9-10H2,(H,21,22)/t17-/m1/s1. The lowest BCUT2D eigenvalue weighted by molar-refractivity contribution is -0.123. The summed E-state index contributed by atoms with van der Waals surface area (Å²) in [7, 11) is -2.06. The van der Waals surface area contributed by atoms with Gasteiger partial charge in [-0.1, -0.05) is 42.5 Å². The molecule has 0 fully saturated rings. The van der Waals surface area contributed by atoms with E-state index >= 15 is 0 Å². The van der Waals surface area contributed by atoms with Crippen molar-refractivity contribution >= 4 is 24.2 Å². The number of fused-ring (bicyclic) bond motifs is 1. The smallest absolute Gasteiger partial charge is 0.461 e. The Morgan fingerprint density at radius 1 is 1.19 bits per heavy atom. The zero-order valence-electron chi connectivity index (χ0n) is 13.8. The molecule has 1 atom stereocenters. The molecule has 0 unspecified atom stereocenters. The van der Waals surface area contributed by atoms with Crippen LogP contribution in [0.15, 0.2) is 59.2 Å². The van der Waals surface area contributed by atoms with E-state index in [4.69, 9.17) is 19.1 Å². The molecule has 0 saturated heterocycles. The van der Waals surface area contributed by atoms with Crippen molar-refractivity contribution in [1.82, 2.24) is 5.32 Å². The highest BCUT2D eigenvalue weighted by atomic mass is 19.1. The summed E-state index contributed by atoms with van der Waals surface area (Å²) < 4.78 is 23.9. The third-order valence-corrected chi connectivity index (χ3v) is 3.85. The first-order chi connectivity index (χ1) is 12.5. The van der Waals surface area contributed by atoms with Crippen molar-refractivity contribution in [3.63, 3.8) is 0 Å². The Morgan fingerprint density at radius 3 is 2.69 bits per heavy atom.